The van der Waals surface area contributed by atoms with Crippen molar-refractivity contribution in [1.82, 2.24) is 14.8 Å². The molecule has 8 heteroatoms. The average molecular weight is 245 g/mol. The summed E-state index contributed by atoms with van der Waals surface area (Å²) in [4.78, 5) is 22.1. The SMILES string of the molecule is CC(C)n1c(SCC(N)C(N)=O)n[nH]c1=O. The minimum atomic E-state index is -0.739. The number of nitrogens with two attached hydrogens (primary N) is 2. The molecule has 0 aliphatic carbocycles. The van der Waals surface area contributed by atoms with Gasteiger partial charge in [-0.1, -0.05) is 11.8 Å². The third-order valence-corrected chi connectivity index (χ3v) is 3.02. The lowest BCUT2D eigenvalue weighted by atomic mass is 10.3. The van der Waals surface area contributed by atoms with Crippen molar-refractivity contribution < 1.29 is 4.79 Å². The molecule has 1 amide bonds. The van der Waals surface area contributed by atoms with Crippen LogP contribution < -0.4 is 17.2 Å². The Kier molecular flexibility index (Phi) is 4.13. The molecule has 0 radical (unpaired) electrons. The van der Waals surface area contributed by atoms with Gasteiger partial charge in [-0.2, -0.15) is 0 Å². The van der Waals surface area contributed by atoms with Gasteiger partial charge in [-0.05, 0) is 13.8 Å². The number of carbonyl (C=O) groups is 1. The third kappa shape index (κ3) is 2.86. The summed E-state index contributed by atoms with van der Waals surface area (Å²) in [7, 11) is 0. The molecule has 16 heavy (non-hydrogen) atoms. The summed E-state index contributed by atoms with van der Waals surface area (Å²) in [6.07, 6.45) is 0. The maximum absolute atomic E-state index is 11.4. The van der Waals surface area contributed by atoms with Gasteiger partial charge in [-0.25, -0.2) is 9.89 Å². The summed E-state index contributed by atoms with van der Waals surface area (Å²) in [5.74, 6) is -0.270. The van der Waals surface area contributed by atoms with Gasteiger partial charge >= 0.3 is 5.69 Å². The highest BCUT2D eigenvalue weighted by Gasteiger charge is 2.15. The van der Waals surface area contributed by atoms with Crippen LogP contribution in [0, 0.1) is 0 Å². The number of thioether (sulfide) groups is 1. The Morgan fingerprint density at radius 3 is 2.75 bits per heavy atom. The van der Waals surface area contributed by atoms with Gasteiger partial charge in [0.05, 0.1) is 6.04 Å². The molecule has 0 bridgehead atoms. The minimum absolute atomic E-state index is 0.00134. The molecule has 1 rings (SSSR count). The van der Waals surface area contributed by atoms with Crippen LogP contribution in [-0.4, -0.2) is 32.5 Å². The van der Waals surface area contributed by atoms with Crippen LogP contribution in [-0.2, 0) is 4.79 Å². The highest BCUT2D eigenvalue weighted by Crippen LogP contribution is 2.16. The molecule has 0 aliphatic rings. The smallest absolute Gasteiger partial charge is 0.344 e. The van der Waals surface area contributed by atoms with Gasteiger partial charge in [0.2, 0.25) is 5.91 Å². The lowest BCUT2D eigenvalue weighted by Gasteiger charge is -2.09. The highest BCUT2D eigenvalue weighted by atomic mass is 32.2. The second kappa shape index (κ2) is 5.17. The quantitative estimate of drug-likeness (QED) is 0.578. The molecule has 0 aliphatic heterocycles. The van der Waals surface area contributed by atoms with Gasteiger partial charge in [0.1, 0.15) is 0 Å². The zero-order chi connectivity index (χ0) is 12.3. The Hall–Kier alpha value is -1.28. The highest BCUT2D eigenvalue weighted by molar-refractivity contribution is 7.99. The predicted molar refractivity (Wildman–Crippen MR) is 61.1 cm³/mol. The lowest BCUT2D eigenvalue weighted by molar-refractivity contribution is -0.118. The Balaban J connectivity index is 2.75. The van der Waals surface area contributed by atoms with E-state index in [9.17, 15) is 9.59 Å². The first-order chi connectivity index (χ1) is 7.43. The number of amides is 1. The van der Waals surface area contributed by atoms with Crippen LogP contribution in [0.25, 0.3) is 0 Å². The van der Waals surface area contributed by atoms with Gasteiger partial charge in [0.15, 0.2) is 5.16 Å². The molecule has 1 heterocycles. The van der Waals surface area contributed by atoms with E-state index in [4.69, 9.17) is 11.5 Å². The fourth-order valence-corrected chi connectivity index (χ4v) is 2.13. The molecule has 0 saturated heterocycles. The van der Waals surface area contributed by atoms with Crippen molar-refractivity contribution in [3.63, 3.8) is 0 Å². The minimum Gasteiger partial charge on any atom is -0.368 e. The third-order valence-electron chi connectivity index (χ3n) is 1.95. The molecule has 0 aromatic carbocycles. The van der Waals surface area contributed by atoms with Crippen LogP contribution in [0.15, 0.2) is 9.95 Å². The second-order valence-corrected chi connectivity index (χ2v) is 4.58. The number of H-pyrrole nitrogens is 1. The fraction of sp³-hybridized carbons (Fsp3) is 0.625. The zero-order valence-electron chi connectivity index (χ0n) is 9.14. The monoisotopic (exact) mass is 245 g/mol. The molecule has 1 unspecified atom stereocenters. The Morgan fingerprint density at radius 2 is 2.25 bits per heavy atom. The fourth-order valence-electron chi connectivity index (χ4n) is 1.09. The van der Waals surface area contributed by atoms with Crippen LogP contribution >= 0.6 is 11.8 Å². The van der Waals surface area contributed by atoms with Crippen LogP contribution in [0.2, 0.25) is 0 Å². The van der Waals surface area contributed by atoms with Crippen LogP contribution in [0.1, 0.15) is 19.9 Å². The van der Waals surface area contributed by atoms with Crippen LogP contribution in [0.5, 0.6) is 0 Å². The molecule has 5 N–H and O–H groups in total. The number of nitrogens with zero attached hydrogens (tertiary/aromatic N) is 2. The topological polar surface area (TPSA) is 120 Å². The Bertz CT molecular complexity index is 424. The molecular weight excluding hydrogens is 230 g/mol. The molecule has 90 valence electrons. The summed E-state index contributed by atoms with van der Waals surface area (Å²) < 4.78 is 1.50. The number of rotatable bonds is 5. The number of nitrogens with one attached hydrogen (secondary N) is 1. The first-order valence-corrected chi connectivity index (χ1v) is 5.76. The largest absolute Gasteiger partial charge is 0.368 e. The van der Waals surface area contributed by atoms with E-state index in [0.717, 1.165) is 0 Å². The van der Waals surface area contributed by atoms with Gasteiger partial charge in [-0.3, -0.25) is 9.36 Å². The molecule has 0 saturated carbocycles. The standard InChI is InChI=1S/C8H15N5O2S/c1-4(2)13-7(15)11-12-8(13)16-3-5(9)6(10)14/h4-5H,3,9H2,1-2H3,(H2,10,14)(H,11,15). The van der Waals surface area contributed by atoms with Gasteiger partial charge in [0.25, 0.3) is 0 Å². The number of hydrogen-bond acceptors (Lipinski definition) is 5. The number of aromatic nitrogens is 3. The number of carbonyl (C=O) groups excluding carboxylic acids is 1. The van der Waals surface area contributed by atoms with E-state index < -0.39 is 11.9 Å². The number of hydrogen-bond donors (Lipinski definition) is 3. The van der Waals surface area contributed by atoms with Crippen molar-refractivity contribution >= 4 is 17.7 Å². The zero-order valence-corrected chi connectivity index (χ0v) is 9.95. The number of primary amides is 1. The van der Waals surface area contributed by atoms with Crippen LogP contribution in [0.3, 0.4) is 0 Å². The van der Waals surface area contributed by atoms with E-state index in [-0.39, 0.29) is 11.7 Å². The maximum atomic E-state index is 11.4. The molecule has 1 aromatic heterocycles. The Labute approximate surface area is 96.6 Å². The summed E-state index contributed by atoms with van der Waals surface area (Å²) in [6.45, 7) is 3.74. The lowest BCUT2D eigenvalue weighted by Crippen LogP contribution is -2.38. The van der Waals surface area contributed by atoms with E-state index in [2.05, 4.69) is 10.2 Å². The predicted octanol–water partition coefficient (Wildman–Crippen LogP) is -0.943. The summed E-state index contributed by atoms with van der Waals surface area (Å²) in [5, 5.41) is 6.71. The second-order valence-electron chi connectivity index (χ2n) is 3.59. The van der Waals surface area contributed by atoms with Gasteiger partial charge in [0, 0.05) is 11.8 Å². The van der Waals surface area contributed by atoms with Crippen molar-refractivity contribution in [3.05, 3.63) is 10.5 Å². The molecule has 1 atom stereocenters. The van der Waals surface area contributed by atoms with Crippen molar-refractivity contribution in [2.45, 2.75) is 31.1 Å². The van der Waals surface area contributed by atoms with E-state index in [0.29, 0.717) is 10.9 Å². The van der Waals surface area contributed by atoms with Crippen molar-refractivity contribution in [3.8, 4) is 0 Å². The van der Waals surface area contributed by atoms with Gasteiger partial charge in [-0.15, -0.1) is 5.10 Å². The van der Waals surface area contributed by atoms with E-state index in [1.165, 1.54) is 16.3 Å². The summed E-state index contributed by atoms with van der Waals surface area (Å²) in [6, 6.07) is -0.740. The Morgan fingerprint density at radius 1 is 1.62 bits per heavy atom. The van der Waals surface area contributed by atoms with Crippen molar-refractivity contribution in [1.29, 1.82) is 0 Å². The van der Waals surface area contributed by atoms with Gasteiger partial charge < -0.3 is 11.5 Å². The van der Waals surface area contributed by atoms with E-state index >= 15 is 0 Å². The number of aromatic amines is 1. The molecular formula is C8H15N5O2S. The summed E-state index contributed by atoms with van der Waals surface area (Å²) >= 11 is 1.23. The maximum Gasteiger partial charge on any atom is 0.344 e. The molecule has 7 nitrogen and oxygen atoms in total. The van der Waals surface area contributed by atoms with E-state index in [1.807, 2.05) is 13.8 Å². The van der Waals surface area contributed by atoms with Crippen molar-refractivity contribution in [2.75, 3.05) is 5.75 Å². The average Bonchev–Trinajstić information content (AvgIpc) is 2.55. The molecule has 0 spiro atoms. The van der Waals surface area contributed by atoms with Crippen molar-refractivity contribution in [2.24, 2.45) is 11.5 Å². The van der Waals surface area contributed by atoms with E-state index in [1.54, 1.807) is 0 Å². The summed E-state index contributed by atoms with van der Waals surface area (Å²) in [5.41, 5.74) is 10.2. The normalized spacial score (nSPS) is 13.0. The molecule has 0 fully saturated rings. The molecule has 1 aromatic rings. The van der Waals surface area contributed by atoms with Crippen LogP contribution in [0.4, 0.5) is 0 Å². The first kappa shape index (κ1) is 12.8. The first-order valence-electron chi connectivity index (χ1n) is 4.78.